The van der Waals surface area contributed by atoms with E-state index in [1.807, 2.05) is 32.9 Å². The second-order valence-electron chi connectivity index (χ2n) is 9.65. The first kappa shape index (κ1) is 27.5. The van der Waals surface area contributed by atoms with Crippen LogP contribution in [0.1, 0.15) is 50.3 Å². The Labute approximate surface area is 226 Å². The summed E-state index contributed by atoms with van der Waals surface area (Å²) in [6.07, 6.45) is 3.70. The van der Waals surface area contributed by atoms with Gasteiger partial charge in [-0.05, 0) is 82.0 Å². The lowest BCUT2D eigenvalue weighted by Gasteiger charge is -2.29. The van der Waals surface area contributed by atoms with Gasteiger partial charge in [0.25, 0.3) is 10.0 Å². The highest BCUT2D eigenvalue weighted by Gasteiger charge is 2.30. The molecule has 1 N–H and O–H groups in total. The summed E-state index contributed by atoms with van der Waals surface area (Å²) in [6.45, 7) is 7.76. The highest BCUT2D eigenvalue weighted by Crippen LogP contribution is 2.32. The molecule has 1 fully saturated rings. The van der Waals surface area contributed by atoms with E-state index in [2.05, 4.69) is 22.3 Å². The molecule has 8 heteroatoms. The maximum atomic E-state index is 13.8. The lowest BCUT2D eigenvalue weighted by molar-refractivity contribution is -0.120. The molecular formula is C30H37N3O4S. The van der Waals surface area contributed by atoms with Crippen LogP contribution in [-0.2, 0) is 14.8 Å². The van der Waals surface area contributed by atoms with Crippen molar-refractivity contribution in [3.8, 4) is 5.75 Å². The molecule has 0 aliphatic carbocycles. The van der Waals surface area contributed by atoms with Crippen molar-refractivity contribution in [2.24, 2.45) is 0 Å². The summed E-state index contributed by atoms with van der Waals surface area (Å²) in [5.41, 5.74) is 3.42. The molecule has 1 aliphatic rings. The Kier molecular flexibility index (Phi) is 8.94. The van der Waals surface area contributed by atoms with Crippen LogP contribution in [-0.4, -0.2) is 40.6 Å². The van der Waals surface area contributed by atoms with Crippen molar-refractivity contribution in [1.82, 2.24) is 5.32 Å². The van der Waals surface area contributed by atoms with Crippen molar-refractivity contribution >= 4 is 27.3 Å². The average Bonchev–Trinajstić information content (AvgIpc) is 2.93. The van der Waals surface area contributed by atoms with E-state index in [0.717, 1.165) is 28.5 Å². The smallest absolute Gasteiger partial charge is 0.264 e. The Morgan fingerprint density at radius 1 is 0.974 bits per heavy atom. The molecule has 1 amide bonds. The number of anilines is 2. The van der Waals surface area contributed by atoms with Gasteiger partial charge in [0.1, 0.15) is 12.3 Å². The van der Waals surface area contributed by atoms with Crippen LogP contribution < -0.4 is 19.3 Å². The van der Waals surface area contributed by atoms with Crippen LogP contribution in [0.4, 0.5) is 11.4 Å². The molecule has 0 spiro atoms. The Hall–Kier alpha value is -3.52. The van der Waals surface area contributed by atoms with Crippen LogP contribution in [0.25, 0.3) is 0 Å². The highest BCUT2D eigenvalue weighted by molar-refractivity contribution is 7.92. The van der Waals surface area contributed by atoms with Gasteiger partial charge in [0.2, 0.25) is 5.91 Å². The van der Waals surface area contributed by atoms with Gasteiger partial charge in [0.15, 0.2) is 0 Å². The topological polar surface area (TPSA) is 79.0 Å². The molecule has 1 atom stereocenters. The summed E-state index contributed by atoms with van der Waals surface area (Å²) in [4.78, 5) is 15.8. The monoisotopic (exact) mass is 535 g/mol. The van der Waals surface area contributed by atoms with Gasteiger partial charge in [-0.15, -0.1) is 0 Å². The molecule has 3 aromatic carbocycles. The zero-order valence-corrected chi connectivity index (χ0v) is 23.2. The largest absolute Gasteiger partial charge is 0.492 e. The molecular weight excluding hydrogens is 498 g/mol. The maximum absolute atomic E-state index is 13.8. The number of carbonyl (C=O) groups is 1. The molecule has 202 valence electrons. The quantitative estimate of drug-likeness (QED) is 0.373. The zero-order valence-electron chi connectivity index (χ0n) is 22.4. The molecule has 38 heavy (non-hydrogen) atoms. The summed E-state index contributed by atoms with van der Waals surface area (Å²) in [6, 6.07) is 21.4. The van der Waals surface area contributed by atoms with Crippen molar-refractivity contribution in [3.63, 3.8) is 0 Å². The molecule has 0 aromatic heterocycles. The van der Waals surface area contributed by atoms with Gasteiger partial charge in [-0.2, -0.15) is 0 Å². The normalized spacial score (nSPS) is 14.6. The fourth-order valence-corrected chi connectivity index (χ4v) is 6.14. The van der Waals surface area contributed by atoms with Crippen LogP contribution in [0.15, 0.2) is 77.7 Å². The van der Waals surface area contributed by atoms with E-state index in [0.29, 0.717) is 18.0 Å². The highest BCUT2D eigenvalue weighted by atomic mass is 32.2. The summed E-state index contributed by atoms with van der Waals surface area (Å²) in [5.74, 6) is -0.000526. The third-order valence-corrected chi connectivity index (χ3v) is 8.60. The summed E-state index contributed by atoms with van der Waals surface area (Å²) < 4.78 is 34.4. The fraction of sp³-hybridized carbons (Fsp3) is 0.367. The third-order valence-electron chi connectivity index (χ3n) is 6.82. The number of sulfonamides is 1. The van der Waals surface area contributed by atoms with Gasteiger partial charge in [-0.1, -0.05) is 42.0 Å². The zero-order chi connectivity index (χ0) is 27.1. The van der Waals surface area contributed by atoms with Crippen molar-refractivity contribution in [2.75, 3.05) is 35.4 Å². The lowest BCUT2D eigenvalue weighted by Crippen LogP contribution is -2.41. The maximum Gasteiger partial charge on any atom is 0.264 e. The number of rotatable bonds is 10. The van der Waals surface area contributed by atoms with Gasteiger partial charge in [-0.25, -0.2) is 8.42 Å². The van der Waals surface area contributed by atoms with Gasteiger partial charge >= 0.3 is 0 Å². The van der Waals surface area contributed by atoms with Crippen LogP contribution >= 0.6 is 0 Å². The van der Waals surface area contributed by atoms with Crippen molar-refractivity contribution in [2.45, 2.75) is 51.0 Å². The number of piperidine rings is 1. The number of aryl methyl sites for hydroxylation is 1. The van der Waals surface area contributed by atoms with Crippen LogP contribution in [0, 0.1) is 6.92 Å². The van der Waals surface area contributed by atoms with Gasteiger partial charge in [0.05, 0.1) is 23.2 Å². The molecule has 1 heterocycles. The second kappa shape index (κ2) is 12.3. The number of nitrogens with one attached hydrogen (secondary N) is 1. The van der Waals surface area contributed by atoms with E-state index >= 15 is 0 Å². The Morgan fingerprint density at radius 2 is 1.63 bits per heavy atom. The first-order chi connectivity index (χ1) is 18.3. The standard InChI is InChI=1S/C30H37N3O4S/c1-4-37-29-11-7-6-10-28(29)33(38(35,36)27-18-12-23(2)13-19-27)22-30(34)31-24(3)25-14-16-26(17-15-25)32-20-8-5-9-21-32/h6-7,10-19,24H,4-5,8-9,20-22H2,1-3H3,(H,31,34). The number of hydrogen-bond acceptors (Lipinski definition) is 5. The van der Waals surface area contributed by atoms with Crippen LogP contribution in [0.2, 0.25) is 0 Å². The van der Waals surface area contributed by atoms with E-state index in [1.165, 1.54) is 24.9 Å². The summed E-state index contributed by atoms with van der Waals surface area (Å²) >= 11 is 0. The van der Waals surface area contributed by atoms with Crippen molar-refractivity contribution < 1.29 is 17.9 Å². The minimum absolute atomic E-state index is 0.114. The number of benzene rings is 3. The minimum atomic E-state index is -4.04. The molecule has 0 saturated carbocycles. The van der Waals surface area contributed by atoms with Gasteiger partial charge < -0.3 is 15.0 Å². The number of hydrogen-bond donors (Lipinski definition) is 1. The second-order valence-corrected chi connectivity index (χ2v) is 11.5. The van der Waals surface area contributed by atoms with Gasteiger partial charge in [-0.3, -0.25) is 9.10 Å². The molecule has 0 bridgehead atoms. The van der Waals surface area contributed by atoms with Gasteiger partial charge in [0, 0.05) is 18.8 Å². The molecule has 1 saturated heterocycles. The number of carbonyl (C=O) groups excluding carboxylic acids is 1. The molecule has 1 aliphatic heterocycles. The van der Waals surface area contributed by atoms with E-state index < -0.39 is 15.9 Å². The fourth-order valence-electron chi connectivity index (χ4n) is 4.70. The van der Waals surface area contributed by atoms with Crippen molar-refractivity contribution in [3.05, 3.63) is 83.9 Å². The molecule has 4 rings (SSSR count). The first-order valence-electron chi connectivity index (χ1n) is 13.2. The molecule has 3 aromatic rings. The van der Waals surface area contributed by atoms with Crippen molar-refractivity contribution in [1.29, 1.82) is 0 Å². The predicted molar refractivity (Wildman–Crippen MR) is 152 cm³/mol. The van der Waals surface area contributed by atoms with E-state index in [4.69, 9.17) is 4.74 Å². The molecule has 1 unspecified atom stereocenters. The third kappa shape index (κ3) is 6.48. The number of ether oxygens (including phenoxy) is 1. The number of nitrogens with zero attached hydrogens (tertiary/aromatic N) is 2. The number of amides is 1. The summed E-state index contributed by atoms with van der Waals surface area (Å²) in [5, 5.41) is 2.98. The predicted octanol–water partition coefficient (Wildman–Crippen LogP) is 5.46. The van der Waals surface area contributed by atoms with E-state index in [9.17, 15) is 13.2 Å². The minimum Gasteiger partial charge on any atom is -0.492 e. The Morgan fingerprint density at radius 3 is 2.29 bits per heavy atom. The van der Waals surface area contributed by atoms with E-state index in [1.54, 1.807) is 48.5 Å². The van der Waals surface area contributed by atoms with E-state index in [-0.39, 0.29) is 17.5 Å². The number of para-hydroxylation sites is 2. The van der Waals surface area contributed by atoms with Crippen LogP contribution in [0.5, 0.6) is 5.75 Å². The first-order valence-corrected chi connectivity index (χ1v) is 14.7. The Bertz CT molecular complexity index is 1320. The SMILES string of the molecule is CCOc1ccccc1N(CC(=O)NC(C)c1ccc(N2CCCCC2)cc1)S(=O)(=O)c1ccc(C)cc1. The molecule has 0 radical (unpaired) electrons. The Balaban J connectivity index is 1.55. The van der Waals surface area contributed by atoms with Crippen LogP contribution in [0.3, 0.4) is 0 Å². The molecule has 7 nitrogen and oxygen atoms in total. The summed E-state index contributed by atoms with van der Waals surface area (Å²) in [7, 11) is -4.04. The lowest BCUT2D eigenvalue weighted by atomic mass is 10.1. The average molecular weight is 536 g/mol.